The van der Waals surface area contributed by atoms with Crippen molar-refractivity contribution in [1.82, 2.24) is 10.2 Å². The maximum Gasteiger partial charge on any atom is 0.0278 e. The number of hydrogen-bond acceptors (Lipinski definition) is 2. The molecule has 18 heavy (non-hydrogen) atoms. The van der Waals surface area contributed by atoms with Gasteiger partial charge in [-0.1, -0.05) is 33.6 Å². The Morgan fingerprint density at radius 2 is 2.06 bits per heavy atom. The molecule has 2 fully saturated rings. The molecule has 2 rings (SSSR count). The minimum atomic E-state index is 0.344. The van der Waals surface area contributed by atoms with E-state index in [4.69, 9.17) is 0 Å². The number of nitrogens with one attached hydrogen (secondary N) is 1. The van der Waals surface area contributed by atoms with Gasteiger partial charge in [0.2, 0.25) is 0 Å². The molecule has 1 aliphatic heterocycles. The molecule has 0 radical (unpaired) electrons. The number of piperazine rings is 1. The van der Waals surface area contributed by atoms with Crippen molar-refractivity contribution >= 4 is 0 Å². The van der Waals surface area contributed by atoms with Crippen molar-refractivity contribution in [3.05, 3.63) is 0 Å². The van der Waals surface area contributed by atoms with E-state index < -0.39 is 0 Å². The van der Waals surface area contributed by atoms with Crippen LogP contribution in [-0.2, 0) is 0 Å². The summed E-state index contributed by atoms with van der Waals surface area (Å²) in [4.78, 5) is 2.79. The minimum absolute atomic E-state index is 0.344. The summed E-state index contributed by atoms with van der Waals surface area (Å²) in [6.45, 7) is 13.2. The van der Waals surface area contributed by atoms with Crippen LogP contribution in [0.2, 0.25) is 0 Å². The Labute approximate surface area is 114 Å². The molecule has 1 aliphatic carbocycles. The molecule has 0 bridgehead atoms. The zero-order valence-electron chi connectivity index (χ0n) is 12.8. The van der Waals surface area contributed by atoms with Gasteiger partial charge in [-0.25, -0.2) is 0 Å². The van der Waals surface area contributed by atoms with Gasteiger partial charge in [0.25, 0.3) is 0 Å². The highest BCUT2D eigenvalue weighted by Gasteiger charge is 2.35. The standard InChI is InChI=1S/C16H32N2/c1-5-16(4)12-18(9-8-14-6-7-14)15(11-17-16)10-13(2)3/h13-15,17H,5-12H2,1-4H3. The smallest absolute Gasteiger partial charge is 0.0278 e. The minimum Gasteiger partial charge on any atom is -0.309 e. The Hall–Kier alpha value is -0.0800. The van der Waals surface area contributed by atoms with Gasteiger partial charge in [-0.3, -0.25) is 4.90 Å². The summed E-state index contributed by atoms with van der Waals surface area (Å²) in [6, 6.07) is 0.767. The fraction of sp³-hybridized carbons (Fsp3) is 1.00. The van der Waals surface area contributed by atoms with Gasteiger partial charge in [0.1, 0.15) is 0 Å². The van der Waals surface area contributed by atoms with Gasteiger partial charge < -0.3 is 5.32 Å². The second-order valence-electron chi connectivity index (χ2n) is 7.28. The molecule has 2 unspecified atom stereocenters. The maximum absolute atomic E-state index is 3.79. The van der Waals surface area contributed by atoms with Gasteiger partial charge in [0, 0.05) is 24.7 Å². The summed E-state index contributed by atoms with van der Waals surface area (Å²) in [5, 5.41) is 3.79. The normalized spacial score (nSPS) is 34.2. The first-order valence-corrected chi connectivity index (χ1v) is 8.01. The lowest BCUT2D eigenvalue weighted by Crippen LogP contribution is -2.63. The zero-order chi connectivity index (χ0) is 13.2. The first kappa shape index (κ1) is 14.3. The highest BCUT2D eigenvalue weighted by molar-refractivity contribution is 4.95. The Bertz CT molecular complexity index is 260. The van der Waals surface area contributed by atoms with Gasteiger partial charge in [0.15, 0.2) is 0 Å². The Kier molecular flexibility index (Phi) is 4.71. The van der Waals surface area contributed by atoms with Crippen LogP contribution in [0, 0.1) is 11.8 Å². The van der Waals surface area contributed by atoms with E-state index in [1.807, 2.05) is 0 Å². The first-order valence-electron chi connectivity index (χ1n) is 8.01. The van der Waals surface area contributed by atoms with E-state index in [2.05, 4.69) is 37.9 Å². The molecular weight excluding hydrogens is 220 g/mol. The van der Waals surface area contributed by atoms with Crippen molar-refractivity contribution in [1.29, 1.82) is 0 Å². The highest BCUT2D eigenvalue weighted by atomic mass is 15.2. The number of rotatable bonds is 6. The number of nitrogens with zero attached hydrogens (tertiary/aromatic N) is 1. The quantitative estimate of drug-likeness (QED) is 0.780. The van der Waals surface area contributed by atoms with E-state index in [1.54, 1.807) is 0 Å². The molecule has 2 nitrogen and oxygen atoms in total. The predicted octanol–water partition coefficient (Wildman–Crippen LogP) is 3.28. The molecule has 106 valence electrons. The SMILES string of the molecule is CCC1(C)CN(CCC2CC2)C(CC(C)C)CN1. The third kappa shape index (κ3) is 3.96. The summed E-state index contributed by atoms with van der Waals surface area (Å²) in [6.07, 6.45) is 7.01. The van der Waals surface area contributed by atoms with Crippen LogP contribution in [0.5, 0.6) is 0 Å². The lowest BCUT2D eigenvalue weighted by atomic mass is 9.90. The summed E-state index contributed by atoms with van der Waals surface area (Å²) >= 11 is 0. The van der Waals surface area contributed by atoms with Crippen molar-refractivity contribution in [3.8, 4) is 0 Å². The van der Waals surface area contributed by atoms with E-state index in [0.717, 1.165) is 17.9 Å². The molecule has 1 heterocycles. The second-order valence-corrected chi connectivity index (χ2v) is 7.28. The van der Waals surface area contributed by atoms with Crippen LogP contribution in [0.1, 0.15) is 59.8 Å². The fourth-order valence-electron chi connectivity index (χ4n) is 3.16. The molecule has 0 aromatic rings. The zero-order valence-corrected chi connectivity index (χ0v) is 12.8. The van der Waals surface area contributed by atoms with Gasteiger partial charge in [0.05, 0.1) is 0 Å². The van der Waals surface area contributed by atoms with Crippen LogP contribution < -0.4 is 5.32 Å². The lowest BCUT2D eigenvalue weighted by Gasteiger charge is -2.46. The fourth-order valence-corrected chi connectivity index (χ4v) is 3.16. The van der Waals surface area contributed by atoms with Gasteiger partial charge in [-0.05, 0) is 44.6 Å². The molecule has 2 aliphatic rings. The monoisotopic (exact) mass is 252 g/mol. The third-order valence-electron chi connectivity index (χ3n) is 4.88. The van der Waals surface area contributed by atoms with Gasteiger partial charge >= 0.3 is 0 Å². The summed E-state index contributed by atoms with van der Waals surface area (Å²) < 4.78 is 0. The average Bonchev–Trinajstić information content (AvgIpc) is 3.13. The van der Waals surface area contributed by atoms with Crippen molar-refractivity contribution < 1.29 is 0 Å². The molecule has 0 amide bonds. The van der Waals surface area contributed by atoms with Gasteiger partial charge in [-0.2, -0.15) is 0 Å². The lowest BCUT2D eigenvalue weighted by molar-refractivity contribution is 0.0706. The van der Waals surface area contributed by atoms with Crippen molar-refractivity contribution in [2.24, 2.45) is 11.8 Å². The van der Waals surface area contributed by atoms with Crippen LogP contribution >= 0.6 is 0 Å². The third-order valence-corrected chi connectivity index (χ3v) is 4.88. The Balaban J connectivity index is 1.90. The molecule has 1 saturated carbocycles. The molecule has 2 atom stereocenters. The van der Waals surface area contributed by atoms with Crippen molar-refractivity contribution in [3.63, 3.8) is 0 Å². The van der Waals surface area contributed by atoms with Crippen molar-refractivity contribution in [2.75, 3.05) is 19.6 Å². The molecular formula is C16H32N2. The summed E-state index contributed by atoms with van der Waals surface area (Å²) in [5.74, 6) is 1.87. The number of hydrogen-bond donors (Lipinski definition) is 1. The highest BCUT2D eigenvalue weighted by Crippen LogP contribution is 2.33. The summed E-state index contributed by atoms with van der Waals surface area (Å²) in [5.41, 5.74) is 0.344. The average molecular weight is 252 g/mol. The van der Waals surface area contributed by atoms with Crippen LogP contribution in [0.4, 0.5) is 0 Å². The molecule has 0 aromatic heterocycles. The molecule has 0 aromatic carbocycles. The predicted molar refractivity (Wildman–Crippen MR) is 78.9 cm³/mol. The largest absolute Gasteiger partial charge is 0.309 e. The van der Waals surface area contributed by atoms with E-state index in [1.165, 1.54) is 51.7 Å². The molecule has 1 N–H and O–H groups in total. The summed E-state index contributed by atoms with van der Waals surface area (Å²) in [7, 11) is 0. The molecule has 1 saturated heterocycles. The van der Waals surface area contributed by atoms with Crippen LogP contribution in [0.3, 0.4) is 0 Å². The first-order chi connectivity index (χ1) is 8.52. The van der Waals surface area contributed by atoms with Crippen LogP contribution in [-0.4, -0.2) is 36.1 Å². The van der Waals surface area contributed by atoms with Gasteiger partial charge in [-0.15, -0.1) is 0 Å². The topological polar surface area (TPSA) is 15.3 Å². The maximum atomic E-state index is 3.79. The van der Waals surface area contributed by atoms with E-state index in [-0.39, 0.29) is 0 Å². The van der Waals surface area contributed by atoms with Crippen molar-refractivity contribution in [2.45, 2.75) is 71.4 Å². The van der Waals surface area contributed by atoms with E-state index in [9.17, 15) is 0 Å². The second kappa shape index (κ2) is 5.92. The van der Waals surface area contributed by atoms with Crippen LogP contribution in [0.25, 0.3) is 0 Å². The molecule has 2 heteroatoms. The Morgan fingerprint density at radius 3 is 2.61 bits per heavy atom. The molecule has 0 spiro atoms. The Morgan fingerprint density at radius 1 is 1.33 bits per heavy atom. The van der Waals surface area contributed by atoms with E-state index >= 15 is 0 Å². The van der Waals surface area contributed by atoms with E-state index in [0.29, 0.717) is 5.54 Å². The van der Waals surface area contributed by atoms with Crippen LogP contribution in [0.15, 0.2) is 0 Å².